The molecule has 23 heavy (non-hydrogen) atoms. The van der Waals surface area contributed by atoms with Crippen molar-refractivity contribution in [1.82, 2.24) is 10.2 Å². The lowest BCUT2D eigenvalue weighted by Gasteiger charge is -2.31. The number of anilines is 1. The highest BCUT2D eigenvalue weighted by atomic mass is 16.3. The fraction of sp³-hybridized carbons (Fsp3) is 0.529. The number of aliphatic hydroxyl groups is 1. The zero-order chi connectivity index (χ0) is 16.4. The predicted molar refractivity (Wildman–Crippen MR) is 87.3 cm³/mol. The Bertz CT molecular complexity index is 605. The minimum atomic E-state index is -0.590. The molecule has 0 aliphatic carbocycles. The first-order valence-corrected chi connectivity index (χ1v) is 8.19. The maximum absolute atomic E-state index is 12.6. The highest BCUT2D eigenvalue weighted by molar-refractivity contribution is 6.00. The Hall–Kier alpha value is -2.08. The van der Waals surface area contributed by atoms with Crippen molar-refractivity contribution in [2.24, 2.45) is 0 Å². The van der Waals surface area contributed by atoms with Crippen molar-refractivity contribution >= 4 is 17.6 Å². The molecule has 1 fully saturated rings. The number of benzene rings is 1. The molecule has 124 valence electrons. The van der Waals surface area contributed by atoms with Crippen molar-refractivity contribution in [3.63, 3.8) is 0 Å². The van der Waals surface area contributed by atoms with Crippen LogP contribution in [0.4, 0.5) is 10.5 Å². The summed E-state index contributed by atoms with van der Waals surface area (Å²) in [7, 11) is 0. The molecule has 2 aliphatic rings. The summed E-state index contributed by atoms with van der Waals surface area (Å²) in [6.45, 7) is 3.32. The molecule has 2 aliphatic heterocycles. The third kappa shape index (κ3) is 3.32. The molecule has 3 rings (SSSR count). The molecule has 2 heterocycles. The molecule has 2 atom stereocenters. The molecule has 6 nitrogen and oxygen atoms in total. The van der Waals surface area contributed by atoms with Crippen LogP contribution in [0.3, 0.4) is 0 Å². The predicted octanol–water partition coefficient (Wildman–Crippen LogP) is 1.13. The van der Waals surface area contributed by atoms with Gasteiger partial charge < -0.3 is 20.2 Å². The zero-order valence-corrected chi connectivity index (χ0v) is 13.4. The lowest BCUT2D eigenvalue weighted by atomic mass is 10.1. The smallest absolute Gasteiger partial charge is 0.318 e. The zero-order valence-electron chi connectivity index (χ0n) is 13.4. The molecule has 0 spiro atoms. The van der Waals surface area contributed by atoms with E-state index in [0.29, 0.717) is 19.6 Å². The van der Waals surface area contributed by atoms with E-state index in [1.165, 1.54) is 5.56 Å². The number of rotatable bonds is 2. The van der Waals surface area contributed by atoms with Crippen LogP contribution in [-0.2, 0) is 11.2 Å². The van der Waals surface area contributed by atoms with Crippen LogP contribution in [0.1, 0.15) is 25.3 Å². The van der Waals surface area contributed by atoms with E-state index in [9.17, 15) is 14.7 Å². The third-order valence-corrected chi connectivity index (χ3v) is 4.55. The van der Waals surface area contributed by atoms with E-state index in [1.807, 2.05) is 24.3 Å². The number of aliphatic hydroxyl groups excluding tert-OH is 1. The lowest BCUT2D eigenvalue weighted by molar-refractivity contribution is -0.120. The molecule has 6 heteroatoms. The van der Waals surface area contributed by atoms with E-state index in [0.717, 1.165) is 24.9 Å². The molecule has 0 radical (unpaired) electrons. The number of fused-ring (bicyclic) bond motifs is 1. The summed E-state index contributed by atoms with van der Waals surface area (Å²) in [5.74, 6) is -0.0964. The second-order valence-electron chi connectivity index (χ2n) is 6.28. The second-order valence-corrected chi connectivity index (χ2v) is 6.28. The van der Waals surface area contributed by atoms with Gasteiger partial charge in [0.1, 0.15) is 6.04 Å². The van der Waals surface area contributed by atoms with Gasteiger partial charge in [0.15, 0.2) is 0 Å². The summed E-state index contributed by atoms with van der Waals surface area (Å²) in [6, 6.07) is 6.99. The van der Waals surface area contributed by atoms with Crippen LogP contribution >= 0.6 is 0 Å². The van der Waals surface area contributed by atoms with Crippen molar-refractivity contribution in [2.75, 3.05) is 24.5 Å². The number of hydrogen-bond acceptors (Lipinski definition) is 3. The minimum Gasteiger partial charge on any atom is -0.391 e. The highest BCUT2D eigenvalue weighted by Gasteiger charge is 2.30. The average Bonchev–Trinajstić information content (AvgIpc) is 2.98. The summed E-state index contributed by atoms with van der Waals surface area (Å²) >= 11 is 0. The van der Waals surface area contributed by atoms with Gasteiger partial charge in [-0.3, -0.25) is 4.79 Å². The molecule has 0 bridgehead atoms. The maximum Gasteiger partial charge on any atom is 0.318 e. The Morgan fingerprint density at radius 1 is 1.30 bits per heavy atom. The number of carbonyl (C=O) groups excluding carboxylic acids is 2. The summed E-state index contributed by atoms with van der Waals surface area (Å²) < 4.78 is 0. The highest BCUT2D eigenvalue weighted by Crippen LogP contribution is 2.27. The Morgan fingerprint density at radius 3 is 2.87 bits per heavy atom. The van der Waals surface area contributed by atoms with Crippen LogP contribution < -0.4 is 10.2 Å². The molecule has 0 aromatic heterocycles. The first kappa shape index (κ1) is 15.8. The molecule has 1 saturated heterocycles. The number of hydrogen-bond donors (Lipinski definition) is 2. The number of amides is 3. The van der Waals surface area contributed by atoms with E-state index in [4.69, 9.17) is 0 Å². The normalized spacial score (nSPS) is 21.7. The molecule has 1 aromatic rings. The summed E-state index contributed by atoms with van der Waals surface area (Å²) in [5.41, 5.74) is 2.10. The summed E-state index contributed by atoms with van der Waals surface area (Å²) in [6.07, 6.45) is 1.89. The van der Waals surface area contributed by atoms with Gasteiger partial charge in [0.2, 0.25) is 5.91 Å². The van der Waals surface area contributed by atoms with E-state index >= 15 is 0 Å². The van der Waals surface area contributed by atoms with Crippen molar-refractivity contribution < 1.29 is 14.7 Å². The number of piperidine rings is 1. The first-order chi connectivity index (χ1) is 11.1. The number of likely N-dealkylation sites (tertiary alicyclic amines) is 1. The van der Waals surface area contributed by atoms with E-state index in [-0.39, 0.29) is 11.9 Å². The van der Waals surface area contributed by atoms with E-state index in [2.05, 4.69) is 5.32 Å². The molecule has 2 N–H and O–H groups in total. The van der Waals surface area contributed by atoms with Gasteiger partial charge in [-0.05, 0) is 37.8 Å². The fourth-order valence-electron chi connectivity index (χ4n) is 3.28. The summed E-state index contributed by atoms with van der Waals surface area (Å²) in [5, 5.41) is 12.4. The Balaban J connectivity index is 1.61. The average molecular weight is 317 g/mol. The van der Waals surface area contributed by atoms with Crippen molar-refractivity contribution in [2.45, 2.75) is 38.3 Å². The first-order valence-electron chi connectivity index (χ1n) is 8.19. The van der Waals surface area contributed by atoms with Crippen molar-refractivity contribution in [1.29, 1.82) is 0 Å². The Labute approximate surface area is 136 Å². The second kappa shape index (κ2) is 6.58. The number of carbonyl (C=O) groups is 2. The monoisotopic (exact) mass is 317 g/mol. The van der Waals surface area contributed by atoms with Crippen molar-refractivity contribution in [3.8, 4) is 0 Å². The quantitative estimate of drug-likeness (QED) is 0.859. The molecular formula is C17H23N3O3. The molecular weight excluding hydrogens is 294 g/mol. The minimum absolute atomic E-state index is 0.0964. The standard InChI is InChI=1S/C17H23N3O3/c1-12(18-17(23)19-9-4-6-14(21)11-19)16(22)20-10-8-13-5-2-3-7-15(13)20/h2-3,5,7,12,14,21H,4,6,8-11H2,1H3,(H,18,23). The topological polar surface area (TPSA) is 72.9 Å². The molecule has 2 unspecified atom stereocenters. The third-order valence-electron chi connectivity index (χ3n) is 4.55. The Kier molecular flexibility index (Phi) is 4.52. The SMILES string of the molecule is CC(NC(=O)N1CCCC(O)C1)C(=O)N1CCc2ccccc21. The van der Waals surface area contributed by atoms with Gasteiger partial charge >= 0.3 is 6.03 Å². The number of nitrogens with one attached hydrogen (secondary N) is 1. The maximum atomic E-state index is 12.6. The van der Waals surface area contributed by atoms with E-state index < -0.39 is 12.1 Å². The number of nitrogens with zero attached hydrogens (tertiary/aromatic N) is 2. The molecule has 3 amide bonds. The van der Waals surface area contributed by atoms with Gasteiger partial charge in [-0.25, -0.2) is 4.79 Å². The van der Waals surface area contributed by atoms with Crippen LogP contribution in [0.25, 0.3) is 0 Å². The summed E-state index contributed by atoms with van der Waals surface area (Å²) in [4.78, 5) is 28.2. The van der Waals surface area contributed by atoms with Crippen LogP contribution in [0.15, 0.2) is 24.3 Å². The van der Waals surface area contributed by atoms with Gasteiger partial charge in [-0.15, -0.1) is 0 Å². The van der Waals surface area contributed by atoms with E-state index in [1.54, 1.807) is 16.7 Å². The van der Waals surface area contributed by atoms with Gasteiger partial charge in [-0.1, -0.05) is 18.2 Å². The fourth-order valence-corrected chi connectivity index (χ4v) is 3.28. The van der Waals surface area contributed by atoms with Gasteiger partial charge in [0, 0.05) is 25.3 Å². The van der Waals surface area contributed by atoms with Crippen molar-refractivity contribution in [3.05, 3.63) is 29.8 Å². The van der Waals surface area contributed by atoms with Gasteiger partial charge in [-0.2, -0.15) is 0 Å². The van der Waals surface area contributed by atoms with Gasteiger partial charge in [0.05, 0.1) is 6.10 Å². The van der Waals surface area contributed by atoms with Gasteiger partial charge in [0.25, 0.3) is 0 Å². The van der Waals surface area contributed by atoms with Crippen LogP contribution in [-0.4, -0.2) is 53.7 Å². The number of urea groups is 1. The van der Waals surface area contributed by atoms with Crippen LogP contribution in [0, 0.1) is 0 Å². The lowest BCUT2D eigenvalue weighted by Crippen LogP contribution is -2.53. The number of para-hydroxylation sites is 1. The van der Waals surface area contributed by atoms with Crippen LogP contribution in [0.2, 0.25) is 0 Å². The van der Waals surface area contributed by atoms with Crippen LogP contribution in [0.5, 0.6) is 0 Å². The number of β-amino-alcohol motifs (C(OH)–C–C–N with tert-alkyl or cyclic N) is 1. The largest absolute Gasteiger partial charge is 0.391 e. The molecule has 1 aromatic carbocycles. The Morgan fingerprint density at radius 2 is 2.09 bits per heavy atom. The molecule has 0 saturated carbocycles.